The Kier molecular flexibility index (Phi) is 7.74. The lowest BCUT2D eigenvalue weighted by atomic mass is 9.97. The Bertz CT molecular complexity index is 1040. The number of aryl methyl sites for hydroxylation is 3. The highest BCUT2D eigenvalue weighted by Crippen LogP contribution is 2.40. The van der Waals surface area contributed by atoms with Crippen LogP contribution in [-0.4, -0.2) is 57.2 Å². The van der Waals surface area contributed by atoms with Gasteiger partial charge in [-0.15, -0.1) is 0 Å². The van der Waals surface area contributed by atoms with Gasteiger partial charge in [0.25, 0.3) is 0 Å². The number of rotatable bonds is 9. The molecule has 0 atom stereocenters. The molecule has 1 heterocycles. The van der Waals surface area contributed by atoms with E-state index in [-0.39, 0.29) is 5.91 Å². The molecule has 0 spiro atoms. The van der Waals surface area contributed by atoms with Crippen molar-refractivity contribution in [3.05, 3.63) is 46.5 Å². The second-order valence-corrected chi connectivity index (χ2v) is 9.38. The zero-order chi connectivity index (χ0) is 23.4. The Hall–Kier alpha value is -2.64. The van der Waals surface area contributed by atoms with E-state index < -0.39 is 0 Å². The van der Waals surface area contributed by atoms with Crippen molar-refractivity contribution in [2.24, 2.45) is 0 Å². The van der Waals surface area contributed by atoms with E-state index in [0.717, 1.165) is 45.6 Å². The average Bonchev–Trinajstić information content (AvgIpc) is 3.17. The molecule has 0 aliphatic carbocycles. The molecule has 0 aliphatic rings. The maximum atomic E-state index is 13.6. The normalized spacial score (nSPS) is 11.2. The van der Waals surface area contributed by atoms with Gasteiger partial charge in [0, 0.05) is 6.54 Å². The largest absolute Gasteiger partial charge is 0.495 e. The number of ether oxygens (including phenoxy) is 2. The topological polar surface area (TPSA) is 54.9 Å². The minimum absolute atomic E-state index is 0.0517. The van der Waals surface area contributed by atoms with Crippen LogP contribution in [0, 0.1) is 20.8 Å². The van der Waals surface area contributed by atoms with Gasteiger partial charge in [-0.3, -0.25) is 9.69 Å². The maximum absolute atomic E-state index is 13.6. The number of nitrogens with zero attached hydrogens (tertiary/aromatic N) is 3. The predicted molar refractivity (Wildman–Crippen MR) is 133 cm³/mol. The quantitative estimate of drug-likeness (QED) is 0.465. The molecule has 172 valence electrons. The summed E-state index contributed by atoms with van der Waals surface area (Å²) in [6.07, 6.45) is 1.21. The van der Waals surface area contributed by atoms with Gasteiger partial charge >= 0.3 is 0 Å². The molecule has 32 heavy (non-hydrogen) atoms. The third-order valence-corrected chi connectivity index (χ3v) is 6.68. The van der Waals surface area contributed by atoms with Crippen LogP contribution < -0.4 is 14.4 Å². The van der Waals surface area contributed by atoms with Gasteiger partial charge in [-0.2, -0.15) is 0 Å². The molecular weight excluding hydrogens is 422 g/mol. The molecule has 0 saturated heterocycles. The fourth-order valence-electron chi connectivity index (χ4n) is 4.00. The molecule has 6 nitrogen and oxygen atoms in total. The Morgan fingerprint density at radius 3 is 2.22 bits per heavy atom. The third kappa shape index (κ3) is 5.22. The lowest BCUT2D eigenvalue weighted by Crippen LogP contribution is -2.34. The minimum Gasteiger partial charge on any atom is -0.495 e. The first-order valence-corrected chi connectivity index (χ1v) is 11.6. The van der Waals surface area contributed by atoms with Crippen LogP contribution in [0.5, 0.6) is 11.5 Å². The van der Waals surface area contributed by atoms with Gasteiger partial charge in [0.15, 0.2) is 5.13 Å². The van der Waals surface area contributed by atoms with Gasteiger partial charge in [-0.25, -0.2) is 4.98 Å². The number of anilines is 1. The third-order valence-electron chi connectivity index (χ3n) is 5.59. The summed E-state index contributed by atoms with van der Waals surface area (Å²) < 4.78 is 11.9. The lowest BCUT2D eigenvalue weighted by molar-refractivity contribution is -0.118. The van der Waals surface area contributed by atoms with Crippen molar-refractivity contribution in [2.75, 3.05) is 46.3 Å². The van der Waals surface area contributed by atoms with Crippen LogP contribution in [-0.2, 0) is 11.2 Å². The van der Waals surface area contributed by atoms with Crippen LogP contribution in [0.25, 0.3) is 10.2 Å². The van der Waals surface area contributed by atoms with Crippen LogP contribution in [0.4, 0.5) is 5.13 Å². The first kappa shape index (κ1) is 24.0. The van der Waals surface area contributed by atoms with E-state index in [4.69, 9.17) is 14.5 Å². The highest BCUT2D eigenvalue weighted by molar-refractivity contribution is 7.22. The number of fused-ring (bicyclic) bond motifs is 1. The first-order chi connectivity index (χ1) is 15.2. The van der Waals surface area contributed by atoms with E-state index in [0.29, 0.717) is 23.8 Å². The van der Waals surface area contributed by atoms with E-state index in [1.165, 1.54) is 16.9 Å². The van der Waals surface area contributed by atoms with Crippen molar-refractivity contribution in [1.29, 1.82) is 0 Å². The number of hydrogen-bond donors (Lipinski definition) is 0. The number of benzene rings is 2. The number of hydrogen-bond acceptors (Lipinski definition) is 6. The Morgan fingerprint density at radius 2 is 1.62 bits per heavy atom. The van der Waals surface area contributed by atoms with Crippen molar-refractivity contribution in [1.82, 2.24) is 9.88 Å². The van der Waals surface area contributed by atoms with Crippen LogP contribution in [0.2, 0.25) is 0 Å². The van der Waals surface area contributed by atoms with Gasteiger partial charge in [-0.1, -0.05) is 29.0 Å². The zero-order valence-electron chi connectivity index (χ0n) is 20.1. The van der Waals surface area contributed by atoms with Crippen LogP contribution in [0.1, 0.15) is 28.7 Å². The Morgan fingerprint density at radius 1 is 1.00 bits per heavy atom. The highest BCUT2D eigenvalue weighted by atomic mass is 32.1. The second-order valence-electron chi connectivity index (χ2n) is 8.40. The van der Waals surface area contributed by atoms with Crippen molar-refractivity contribution < 1.29 is 14.3 Å². The van der Waals surface area contributed by atoms with E-state index in [1.807, 2.05) is 31.1 Å². The molecule has 3 rings (SSSR count). The summed E-state index contributed by atoms with van der Waals surface area (Å²) in [5.41, 5.74) is 5.33. The summed E-state index contributed by atoms with van der Waals surface area (Å²) in [5, 5.41) is 0.675. The molecule has 7 heteroatoms. The molecular formula is C25H33N3O3S. The maximum Gasteiger partial charge on any atom is 0.233 e. The van der Waals surface area contributed by atoms with Gasteiger partial charge in [-0.05, 0) is 76.7 Å². The number of amides is 1. The first-order valence-electron chi connectivity index (χ1n) is 10.8. The highest BCUT2D eigenvalue weighted by Gasteiger charge is 2.23. The van der Waals surface area contributed by atoms with Gasteiger partial charge in [0.2, 0.25) is 5.91 Å². The molecule has 0 fully saturated rings. The number of methoxy groups -OCH3 is 2. The van der Waals surface area contributed by atoms with Crippen LogP contribution >= 0.6 is 11.3 Å². The van der Waals surface area contributed by atoms with Gasteiger partial charge in [0.1, 0.15) is 21.7 Å². The molecule has 0 unspecified atom stereocenters. The molecule has 0 bridgehead atoms. The van der Waals surface area contributed by atoms with E-state index in [1.54, 1.807) is 14.2 Å². The molecule has 1 aromatic heterocycles. The molecule has 0 saturated carbocycles. The number of aromatic nitrogens is 1. The molecule has 2 aromatic carbocycles. The van der Waals surface area contributed by atoms with Crippen molar-refractivity contribution in [3.63, 3.8) is 0 Å². The zero-order valence-corrected chi connectivity index (χ0v) is 20.9. The van der Waals surface area contributed by atoms with Crippen molar-refractivity contribution >= 4 is 32.6 Å². The number of thiazole rings is 1. The van der Waals surface area contributed by atoms with Gasteiger partial charge < -0.3 is 14.4 Å². The van der Waals surface area contributed by atoms with E-state index in [9.17, 15) is 4.79 Å². The average molecular weight is 456 g/mol. The standard InChI is InChI=1S/C25H33N3O3S/c1-16-13-17(2)19(18(3)14-16)15-22(29)28(12-8-11-27(4)5)25-26-23-20(30-6)9-10-21(31-7)24(23)32-25/h9-10,13-14H,8,11-12,15H2,1-7H3. The Balaban J connectivity index is 2.00. The summed E-state index contributed by atoms with van der Waals surface area (Å²) in [7, 11) is 7.35. The SMILES string of the molecule is COc1ccc(OC)c2sc(N(CCCN(C)C)C(=O)Cc3c(C)cc(C)cc3C)nc12. The summed E-state index contributed by atoms with van der Waals surface area (Å²) in [6, 6.07) is 8.00. The van der Waals surface area contributed by atoms with Crippen molar-refractivity contribution in [2.45, 2.75) is 33.6 Å². The fourth-order valence-corrected chi connectivity index (χ4v) is 5.11. The number of carbonyl (C=O) groups excluding carboxylic acids is 1. The van der Waals surface area contributed by atoms with Crippen molar-refractivity contribution in [3.8, 4) is 11.5 Å². The molecule has 1 amide bonds. The summed E-state index contributed by atoms with van der Waals surface area (Å²) in [6.45, 7) is 7.73. The molecule has 3 aromatic rings. The molecule has 0 radical (unpaired) electrons. The van der Waals surface area contributed by atoms with E-state index in [2.05, 4.69) is 37.8 Å². The summed E-state index contributed by atoms with van der Waals surface area (Å²) in [4.78, 5) is 22.3. The summed E-state index contributed by atoms with van der Waals surface area (Å²) in [5.74, 6) is 1.46. The summed E-state index contributed by atoms with van der Waals surface area (Å²) >= 11 is 1.47. The van der Waals surface area contributed by atoms with Crippen LogP contribution in [0.15, 0.2) is 24.3 Å². The van der Waals surface area contributed by atoms with Crippen LogP contribution in [0.3, 0.4) is 0 Å². The monoisotopic (exact) mass is 455 g/mol. The number of carbonyl (C=O) groups is 1. The van der Waals surface area contributed by atoms with E-state index >= 15 is 0 Å². The minimum atomic E-state index is 0.0517. The fraction of sp³-hybridized carbons (Fsp3) is 0.440. The Labute approximate surface area is 194 Å². The molecule has 0 aliphatic heterocycles. The second kappa shape index (κ2) is 10.3. The smallest absolute Gasteiger partial charge is 0.233 e. The van der Waals surface area contributed by atoms with Gasteiger partial charge in [0.05, 0.1) is 20.6 Å². The predicted octanol–water partition coefficient (Wildman–Crippen LogP) is 4.77. The molecule has 0 N–H and O–H groups in total. The lowest BCUT2D eigenvalue weighted by Gasteiger charge is -2.22.